The highest BCUT2D eigenvalue weighted by Crippen LogP contribution is 2.36. The Labute approximate surface area is 119 Å². The maximum Gasteiger partial charge on any atom is 0.339 e. The molecule has 110 valence electrons. The van der Waals surface area contributed by atoms with Crippen LogP contribution in [0, 0.1) is 0 Å². The van der Waals surface area contributed by atoms with Crippen LogP contribution in [0.1, 0.15) is 30.1 Å². The highest BCUT2D eigenvalue weighted by atomic mass is 16.5. The van der Waals surface area contributed by atoms with Crippen LogP contribution in [0.15, 0.2) is 18.2 Å². The van der Waals surface area contributed by atoms with Crippen LogP contribution in [0.4, 0.5) is 0 Å². The lowest BCUT2D eigenvalue weighted by molar-refractivity contribution is 0.0125. The van der Waals surface area contributed by atoms with Gasteiger partial charge in [-0.25, -0.2) is 4.79 Å². The molecule has 2 rings (SSSR count). The molecule has 5 nitrogen and oxygen atoms in total. The lowest BCUT2D eigenvalue weighted by Crippen LogP contribution is -2.48. The Morgan fingerprint density at radius 1 is 1.45 bits per heavy atom. The number of likely N-dealkylation sites (tertiary alicyclic amines) is 1. The Bertz CT molecular complexity index is 503. The number of para-hydroxylation sites is 1. The van der Waals surface area contributed by atoms with E-state index in [0.717, 1.165) is 25.9 Å². The largest absolute Gasteiger partial charge is 0.493 e. The maximum absolute atomic E-state index is 11.4. The summed E-state index contributed by atoms with van der Waals surface area (Å²) in [6, 6.07) is 4.91. The molecule has 0 spiro atoms. The minimum absolute atomic E-state index is 0.138. The summed E-state index contributed by atoms with van der Waals surface area (Å²) in [5, 5.41) is 9.31. The minimum Gasteiger partial charge on any atom is -0.493 e. The number of hydrogen-bond acceptors (Lipinski definition) is 4. The zero-order chi connectivity index (χ0) is 14.8. The lowest BCUT2D eigenvalue weighted by atomic mass is 9.95. The van der Waals surface area contributed by atoms with E-state index < -0.39 is 11.6 Å². The van der Waals surface area contributed by atoms with Crippen molar-refractivity contribution in [1.29, 1.82) is 0 Å². The smallest absolute Gasteiger partial charge is 0.339 e. The number of rotatable bonds is 4. The quantitative estimate of drug-likeness (QED) is 0.916. The van der Waals surface area contributed by atoms with E-state index in [9.17, 15) is 9.90 Å². The van der Waals surface area contributed by atoms with Crippen LogP contribution in [-0.2, 0) is 0 Å². The first kappa shape index (κ1) is 14.7. The zero-order valence-corrected chi connectivity index (χ0v) is 12.2. The molecule has 0 amide bonds. The molecule has 0 aromatic heterocycles. The van der Waals surface area contributed by atoms with Crippen LogP contribution in [0.25, 0.3) is 0 Å². The van der Waals surface area contributed by atoms with Gasteiger partial charge in [-0.2, -0.15) is 0 Å². The van der Waals surface area contributed by atoms with Gasteiger partial charge in [-0.15, -0.1) is 0 Å². The second kappa shape index (κ2) is 5.71. The SMILES string of the molecule is COc1cccc(C(=O)O)c1OC1(C)CCCN(C)C1. The molecule has 5 heteroatoms. The van der Waals surface area contributed by atoms with Crippen LogP contribution < -0.4 is 9.47 Å². The number of carboxylic acids is 1. The summed E-state index contributed by atoms with van der Waals surface area (Å²) in [6.45, 7) is 3.82. The number of benzene rings is 1. The van der Waals surface area contributed by atoms with Crippen molar-refractivity contribution in [1.82, 2.24) is 4.90 Å². The summed E-state index contributed by atoms with van der Waals surface area (Å²) in [5.74, 6) is -0.230. The van der Waals surface area contributed by atoms with Crippen LogP contribution in [-0.4, -0.2) is 48.8 Å². The maximum atomic E-state index is 11.4. The van der Waals surface area contributed by atoms with Gasteiger partial charge in [-0.3, -0.25) is 0 Å². The molecule has 1 atom stereocenters. The Kier molecular flexibility index (Phi) is 4.18. The molecule has 0 bridgehead atoms. The predicted molar refractivity (Wildman–Crippen MR) is 75.7 cm³/mol. The van der Waals surface area contributed by atoms with Crippen molar-refractivity contribution < 1.29 is 19.4 Å². The molecule has 1 unspecified atom stereocenters. The van der Waals surface area contributed by atoms with E-state index in [0.29, 0.717) is 11.5 Å². The Morgan fingerprint density at radius 3 is 2.80 bits per heavy atom. The molecule has 0 radical (unpaired) electrons. The van der Waals surface area contributed by atoms with Crippen molar-refractivity contribution in [3.63, 3.8) is 0 Å². The number of hydrogen-bond donors (Lipinski definition) is 1. The summed E-state index contributed by atoms with van der Waals surface area (Å²) in [4.78, 5) is 13.5. The normalized spacial score (nSPS) is 23.4. The molecule has 1 aliphatic heterocycles. The lowest BCUT2D eigenvalue weighted by Gasteiger charge is -2.39. The van der Waals surface area contributed by atoms with Gasteiger partial charge in [0.25, 0.3) is 0 Å². The van der Waals surface area contributed by atoms with E-state index in [4.69, 9.17) is 9.47 Å². The monoisotopic (exact) mass is 279 g/mol. The standard InChI is InChI=1S/C15H21NO4/c1-15(8-5-9-16(2)10-15)20-13-11(14(17)18)6-4-7-12(13)19-3/h4,6-7H,5,8-10H2,1-3H3,(H,17,18). The van der Waals surface area contributed by atoms with Crippen molar-refractivity contribution in [3.8, 4) is 11.5 Å². The Morgan fingerprint density at radius 2 is 2.20 bits per heavy atom. The molecule has 1 aliphatic rings. The van der Waals surface area contributed by atoms with E-state index in [1.807, 2.05) is 14.0 Å². The van der Waals surface area contributed by atoms with Gasteiger partial charge in [0.2, 0.25) is 0 Å². The van der Waals surface area contributed by atoms with Gasteiger partial charge >= 0.3 is 5.97 Å². The average molecular weight is 279 g/mol. The van der Waals surface area contributed by atoms with Gasteiger partial charge in [0.05, 0.1) is 7.11 Å². The van der Waals surface area contributed by atoms with Gasteiger partial charge in [-0.1, -0.05) is 6.07 Å². The highest BCUT2D eigenvalue weighted by Gasteiger charge is 2.33. The van der Waals surface area contributed by atoms with E-state index in [2.05, 4.69) is 4.90 Å². The summed E-state index contributed by atoms with van der Waals surface area (Å²) < 4.78 is 11.3. The molecule has 0 saturated carbocycles. The molecular formula is C15H21NO4. The number of carboxylic acid groups (broad SMARTS) is 1. The van der Waals surface area contributed by atoms with Crippen LogP contribution in [0.2, 0.25) is 0 Å². The number of nitrogens with zero attached hydrogens (tertiary/aromatic N) is 1. The first-order valence-electron chi connectivity index (χ1n) is 6.73. The van der Waals surface area contributed by atoms with Crippen molar-refractivity contribution in [2.75, 3.05) is 27.2 Å². The number of methoxy groups -OCH3 is 1. The van der Waals surface area contributed by atoms with Gasteiger partial charge in [0.15, 0.2) is 11.5 Å². The van der Waals surface area contributed by atoms with E-state index in [-0.39, 0.29) is 5.56 Å². The molecule has 1 heterocycles. The van der Waals surface area contributed by atoms with Crippen LogP contribution in [0.5, 0.6) is 11.5 Å². The van der Waals surface area contributed by atoms with Crippen molar-refractivity contribution >= 4 is 5.97 Å². The Hall–Kier alpha value is -1.75. The minimum atomic E-state index is -1.01. The first-order chi connectivity index (χ1) is 9.45. The fourth-order valence-corrected chi connectivity index (χ4v) is 2.73. The zero-order valence-electron chi connectivity index (χ0n) is 12.2. The van der Waals surface area contributed by atoms with Crippen molar-refractivity contribution in [3.05, 3.63) is 23.8 Å². The summed E-state index contributed by atoms with van der Waals surface area (Å²) in [5.41, 5.74) is -0.259. The van der Waals surface area contributed by atoms with E-state index >= 15 is 0 Å². The summed E-state index contributed by atoms with van der Waals surface area (Å²) in [7, 11) is 3.56. The summed E-state index contributed by atoms with van der Waals surface area (Å²) in [6.07, 6.45) is 1.93. The molecule has 1 aromatic carbocycles. The van der Waals surface area contributed by atoms with E-state index in [1.165, 1.54) is 13.2 Å². The molecular weight excluding hydrogens is 258 g/mol. The van der Waals surface area contributed by atoms with Crippen LogP contribution >= 0.6 is 0 Å². The van der Waals surface area contributed by atoms with Crippen molar-refractivity contribution in [2.45, 2.75) is 25.4 Å². The fourth-order valence-electron chi connectivity index (χ4n) is 2.73. The van der Waals surface area contributed by atoms with Crippen molar-refractivity contribution in [2.24, 2.45) is 0 Å². The second-order valence-corrected chi connectivity index (χ2v) is 5.54. The van der Waals surface area contributed by atoms with Gasteiger partial charge in [0.1, 0.15) is 11.2 Å². The number of likely N-dealkylation sites (N-methyl/N-ethyl adjacent to an activating group) is 1. The number of carbonyl (C=O) groups is 1. The topological polar surface area (TPSA) is 59.0 Å². The third-order valence-electron chi connectivity index (χ3n) is 3.63. The third-order valence-corrected chi connectivity index (χ3v) is 3.63. The first-order valence-corrected chi connectivity index (χ1v) is 6.73. The fraction of sp³-hybridized carbons (Fsp3) is 0.533. The molecule has 1 N–H and O–H groups in total. The summed E-state index contributed by atoms with van der Waals surface area (Å²) >= 11 is 0. The number of piperidine rings is 1. The Balaban J connectivity index is 2.34. The number of aromatic carboxylic acids is 1. The second-order valence-electron chi connectivity index (χ2n) is 5.54. The van der Waals surface area contributed by atoms with Gasteiger partial charge < -0.3 is 19.5 Å². The average Bonchev–Trinajstić information content (AvgIpc) is 2.37. The van der Waals surface area contributed by atoms with Crippen LogP contribution in [0.3, 0.4) is 0 Å². The molecule has 1 fully saturated rings. The highest BCUT2D eigenvalue weighted by molar-refractivity contribution is 5.92. The number of ether oxygens (including phenoxy) is 2. The van der Waals surface area contributed by atoms with E-state index in [1.54, 1.807) is 12.1 Å². The predicted octanol–water partition coefficient (Wildman–Crippen LogP) is 2.26. The molecule has 20 heavy (non-hydrogen) atoms. The van der Waals surface area contributed by atoms with Gasteiger partial charge in [-0.05, 0) is 45.5 Å². The third kappa shape index (κ3) is 3.04. The van der Waals surface area contributed by atoms with Gasteiger partial charge in [0, 0.05) is 6.54 Å². The molecule has 1 aromatic rings. The molecule has 0 aliphatic carbocycles. The molecule has 1 saturated heterocycles.